The molecular weight excluding hydrogens is 445 g/mol. The van der Waals surface area contributed by atoms with E-state index in [1.54, 1.807) is 11.4 Å². The molecule has 2 aromatic carbocycles. The monoisotopic (exact) mass is 463 g/mol. The number of hydrogen-bond donors (Lipinski definition) is 1. The SMILES string of the molecule is CC(=O)N(c1nc(COC(=O)c2ccc(Cl)c(N)c2)cs1)c1c(C)cc(C)cc1Cl. The van der Waals surface area contributed by atoms with Crippen molar-refractivity contribution in [1.29, 1.82) is 0 Å². The van der Waals surface area contributed by atoms with Crippen LogP contribution in [0, 0.1) is 13.8 Å². The van der Waals surface area contributed by atoms with Gasteiger partial charge in [-0.2, -0.15) is 0 Å². The summed E-state index contributed by atoms with van der Waals surface area (Å²) in [6, 6.07) is 8.27. The highest BCUT2D eigenvalue weighted by Crippen LogP contribution is 2.37. The number of nitrogens with two attached hydrogens (primary N) is 1. The molecule has 0 fully saturated rings. The molecule has 0 saturated heterocycles. The van der Waals surface area contributed by atoms with Crippen LogP contribution in [0.15, 0.2) is 35.7 Å². The van der Waals surface area contributed by atoms with Gasteiger partial charge in [-0.3, -0.25) is 9.69 Å². The standard InChI is InChI=1S/C21H19Cl2N3O3S/c1-11-6-12(2)19(17(23)7-11)26(13(3)27)21-25-15(10-30-21)9-29-20(28)14-4-5-16(22)18(24)8-14/h4-8,10H,9,24H2,1-3H3. The van der Waals surface area contributed by atoms with Crippen molar-refractivity contribution in [2.24, 2.45) is 0 Å². The summed E-state index contributed by atoms with van der Waals surface area (Å²) in [6.07, 6.45) is 0. The first kappa shape index (κ1) is 22.1. The summed E-state index contributed by atoms with van der Waals surface area (Å²) >= 11 is 13.5. The second-order valence-corrected chi connectivity index (χ2v) is 8.35. The van der Waals surface area contributed by atoms with Gasteiger partial charge in [-0.1, -0.05) is 29.3 Å². The average Bonchev–Trinajstić information content (AvgIpc) is 3.12. The van der Waals surface area contributed by atoms with Gasteiger partial charge in [0.15, 0.2) is 5.13 Å². The van der Waals surface area contributed by atoms with Crippen molar-refractivity contribution in [3.05, 3.63) is 68.1 Å². The molecule has 1 heterocycles. The predicted molar refractivity (Wildman–Crippen MR) is 121 cm³/mol. The smallest absolute Gasteiger partial charge is 0.338 e. The van der Waals surface area contributed by atoms with Crippen molar-refractivity contribution in [2.75, 3.05) is 10.6 Å². The van der Waals surface area contributed by atoms with E-state index in [1.807, 2.05) is 19.9 Å². The molecule has 0 aliphatic rings. The average molecular weight is 464 g/mol. The molecule has 30 heavy (non-hydrogen) atoms. The molecule has 0 spiro atoms. The number of hydrogen-bond acceptors (Lipinski definition) is 6. The summed E-state index contributed by atoms with van der Waals surface area (Å²) < 4.78 is 5.31. The van der Waals surface area contributed by atoms with E-state index in [0.29, 0.717) is 37.8 Å². The minimum atomic E-state index is -0.547. The number of carbonyl (C=O) groups is 2. The van der Waals surface area contributed by atoms with Crippen molar-refractivity contribution < 1.29 is 14.3 Å². The van der Waals surface area contributed by atoms with Gasteiger partial charge in [-0.05, 0) is 49.2 Å². The first-order valence-electron chi connectivity index (χ1n) is 8.91. The number of thiazole rings is 1. The lowest BCUT2D eigenvalue weighted by molar-refractivity contribution is -0.115. The zero-order valence-electron chi connectivity index (χ0n) is 16.5. The summed E-state index contributed by atoms with van der Waals surface area (Å²) in [6.45, 7) is 5.22. The maximum Gasteiger partial charge on any atom is 0.338 e. The molecule has 1 amide bonds. The van der Waals surface area contributed by atoms with Crippen molar-refractivity contribution in [3.8, 4) is 0 Å². The Morgan fingerprint density at radius 1 is 1.17 bits per heavy atom. The summed E-state index contributed by atoms with van der Waals surface area (Å²) in [7, 11) is 0. The van der Waals surface area contributed by atoms with E-state index in [1.165, 1.54) is 41.4 Å². The fourth-order valence-electron chi connectivity index (χ4n) is 2.94. The van der Waals surface area contributed by atoms with Crippen LogP contribution in [0.2, 0.25) is 10.0 Å². The number of carbonyl (C=O) groups excluding carboxylic acids is 2. The highest BCUT2D eigenvalue weighted by molar-refractivity contribution is 7.14. The Hall–Kier alpha value is -2.61. The molecule has 0 atom stereocenters. The molecule has 6 nitrogen and oxygen atoms in total. The number of ether oxygens (including phenoxy) is 1. The molecule has 2 N–H and O–H groups in total. The van der Waals surface area contributed by atoms with Gasteiger partial charge in [0.25, 0.3) is 0 Å². The Labute approximate surface area is 188 Å². The minimum absolute atomic E-state index is 0.0514. The largest absolute Gasteiger partial charge is 0.456 e. The quantitative estimate of drug-likeness (QED) is 0.387. The number of esters is 1. The summed E-state index contributed by atoms with van der Waals surface area (Å²) in [5, 5.41) is 3.00. The topological polar surface area (TPSA) is 85.5 Å². The molecular formula is C21H19Cl2N3O3S. The number of nitrogen functional groups attached to an aromatic ring is 1. The van der Waals surface area contributed by atoms with E-state index in [-0.39, 0.29) is 12.5 Å². The summed E-state index contributed by atoms with van der Waals surface area (Å²) in [4.78, 5) is 30.5. The number of aromatic nitrogens is 1. The zero-order valence-corrected chi connectivity index (χ0v) is 18.9. The number of nitrogens with zero attached hydrogens (tertiary/aromatic N) is 2. The molecule has 0 unspecified atom stereocenters. The number of anilines is 3. The molecule has 0 aliphatic heterocycles. The molecule has 156 valence electrons. The first-order valence-corrected chi connectivity index (χ1v) is 10.5. The lowest BCUT2D eigenvalue weighted by Crippen LogP contribution is -2.24. The van der Waals surface area contributed by atoms with Crippen LogP contribution in [-0.4, -0.2) is 16.9 Å². The lowest BCUT2D eigenvalue weighted by atomic mass is 10.1. The number of amides is 1. The fraction of sp³-hybridized carbons (Fsp3) is 0.190. The molecule has 0 radical (unpaired) electrons. The van der Waals surface area contributed by atoms with Crippen LogP contribution in [0.3, 0.4) is 0 Å². The molecule has 3 aromatic rings. The van der Waals surface area contributed by atoms with E-state index in [9.17, 15) is 9.59 Å². The van der Waals surface area contributed by atoms with Gasteiger partial charge in [-0.15, -0.1) is 11.3 Å². The minimum Gasteiger partial charge on any atom is -0.456 e. The molecule has 0 bridgehead atoms. The van der Waals surface area contributed by atoms with E-state index >= 15 is 0 Å². The number of benzene rings is 2. The molecule has 3 rings (SSSR count). The van der Waals surface area contributed by atoms with Crippen LogP contribution in [0.1, 0.15) is 34.1 Å². The normalized spacial score (nSPS) is 10.7. The van der Waals surface area contributed by atoms with Crippen LogP contribution >= 0.6 is 34.5 Å². The molecule has 0 saturated carbocycles. The third-order valence-corrected chi connectivity index (χ3v) is 5.76. The van der Waals surface area contributed by atoms with Gasteiger partial charge in [0, 0.05) is 12.3 Å². The van der Waals surface area contributed by atoms with Gasteiger partial charge < -0.3 is 10.5 Å². The second-order valence-electron chi connectivity index (χ2n) is 6.70. The maximum atomic E-state index is 12.4. The van der Waals surface area contributed by atoms with Gasteiger partial charge in [0.1, 0.15) is 6.61 Å². The first-order chi connectivity index (χ1) is 14.2. The van der Waals surface area contributed by atoms with Crippen LogP contribution in [0.4, 0.5) is 16.5 Å². The Kier molecular flexibility index (Phi) is 6.65. The lowest BCUT2D eigenvalue weighted by Gasteiger charge is -2.22. The molecule has 9 heteroatoms. The van der Waals surface area contributed by atoms with Gasteiger partial charge >= 0.3 is 5.97 Å². The number of rotatable bonds is 5. The number of aryl methyl sites for hydroxylation is 2. The van der Waals surface area contributed by atoms with E-state index in [0.717, 1.165) is 11.1 Å². The summed E-state index contributed by atoms with van der Waals surface area (Å²) in [5.41, 5.74) is 9.27. The Balaban J connectivity index is 1.79. The summed E-state index contributed by atoms with van der Waals surface area (Å²) in [5.74, 6) is -0.771. The third-order valence-electron chi connectivity index (χ3n) is 4.25. The predicted octanol–water partition coefficient (Wildman–Crippen LogP) is 5.69. The van der Waals surface area contributed by atoms with Crippen LogP contribution in [0.25, 0.3) is 0 Å². The van der Waals surface area contributed by atoms with Crippen molar-refractivity contribution in [1.82, 2.24) is 4.98 Å². The van der Waals surface area contributed by atoms with Crippen molar-refractivity contribution in [2.45, 2.75) is 27.4 Å². The van der Waals surface area contributed by atoms with E-state index < -0.39 is 5.97 Å². The fourth-order valence-corrected chi connectivity index (χ4v) is 4.32. The molecule has 0 aliphatic carbocycles. The Morgan fingerprint density at radius 3 is 2.53 bits per heavy atom. The highest BCUT2D eigenvalue weighted by atomic mass is 35.5. The van der Waals surface area contributed by atoms with E-state index in [2.05, 4.69) is 4.98 Å². The Bertz CT molecular complexity index is 1110. The van der Waals surface area contributed by atoms with Gasteiger partial charge in [0.05, 0.1) is 32.7 Å². The van der Waals surface area contributed by atoms with Crippen molar-refractivity contribution >= 4 is 62.9 Å². The van der Waals surface area contributed by atoms with Crippen LogP contribution in [-0.2, 0) is 16.1 Å². The highest BCUT2D eigenvalue weighted by Gasteiger charge is 2.23. The maximum absolute atomic E-state index is 12.4. The van der Waals surface area contributed by atoms with Gasteiger partial charge in [-0.25, -0.2) is 9.78 Å². The Morgan fingerprint density at radius 2 is 1.90 bits per heavy atom. The van der Waals surface area contributed by atoms with Crippen LogP contribution in [0.5, 0.6) is 0 Å². The zero-order chi connectivity index (χ0) is 22.0. The molecule has 1 aromatic heterocycles. The second kappa shape index (κ2) is 9.04. The van der Waals surface area contributed by atoms with Crippen molar-refractivity contribution in [3.63, 3.8) is 0 Å². The third kappa shape index (κ3) is 4.75. The van der Waals surface area contributed by atoms with E-state index in [4.69, 9.17) is 33.7 Å². The van der Waals surface area contributed by atoms with Crippen LogP contribution < -0.4 is 10.6 Å². The number of halogens is 2. The van der Waals surface area contributed by atoms with Gasteiger partial charge in [0.2, 0.25) is 5.91 Å².